The van der Waals surface area contributed by atoms with Gasteiger partial charge in [0, 0.05) is 5.69 Å². The molecule has 7 heteroatoms. The monoisotopic (exact) mass is 609 g/mol. The molecule has 2 aliphatic rings. The Morgan fingerprint density at radius 1 is 0.733 bits per heavy atom. The van der Waals surface area contributed by atoms with Gasteiger partial charge in [0.2, 0.25) is 0 Å². The topological polar surface area (TPSA) is 51.2 Å². The second-order valence-electron chi connectivity index (χ2n) is 16.2. The van der Waals surface area contributed by atoms with Gasteiger partial charge in [0.05, 0.1) is 34.5 Å². The Hall–Kier alpha value is -2.57. The van der Waals surface area contributed by atoms with Gasteiger partial charge in [-0.15, -0.1) is 0 Å². The van der Waals surface area contributed by atoms with Crippen LogP contribution in [0.3, 0.4) is 0 Å². The highest BCUT2D eigenvalue weighted by Gasteiger charge is 2.51. The lowest BCUT2D eigenvalue weighted by Crippen LogP contribution is -2.49. The van der Waals surface area contributed by atoms with Crippen molar-refractivity contribution in [1.82, 2.24) is 0 Å². The van der Waals surface area contributed by atoms with E-state index < -0.39 is 11.2 Å². The molecule has 5 nitrogen and oxygen atoms in total. The van der Waals surface area contributed by atoms with Crippen molar-refractivity contribution >= 4 is 31.2 Å². The Labute approximate surface area is 273 Å². The number of hydrogen-bond donors (Lipinski definition) is 1. The van der Waals surface area contributed by atoms with Gasteiger partial charge in [0.25, 0.3) is 0 Å². The van der Waals surface area contributed by atoms with Crippen LogP contribution in [0.15, 0.2) is 72.8 Å². The highest BCUT2D eigenvalue weighted by Crippen LogP contribution is 2.47. The minimum absolute atomic E-state index is 0.101. The molecule has 3 aromatic rings. The third-order valence-electron chi connectivity index (χ3n) is 10.7. The van der Waals surface area contributed by atoms with Crippen molar-refractivity contribution in [3.8, 4) is 0 Å². The third kappa shape index (κ3) is 6.93. The van der Waals surface area contributed by atoms with E-state index in [2.05, 4.69) is 126 Å². The zero-order chi connectivity index (χ0) is 33.0. The second-order valence-corrected chi connectivity index (χ2v) is 16.2. The van der Waals surface area contributed by atoms with E-state index in [1.807, 2.05) is 13.8 Å². The smallest absolute Gasteiger partial charge is 0.427 e. The summed E-state index contributed by atoms with van der Waals surface area (Å²) in [7, 11) is 0.0930. The molecule has 0 radical (unpaired) electrons. The van der Waals surface area contributed by atoms with Crippen molar-refractivity contribution in [3.05, 3.63) is 89.5 Å². The zero-order valence-corrected chi connectivity index (χ0v) is 29.4. The Balaban J connectivity index is 1.41. The van der Waals surface area contributed by atoms with Gasteiger partial charge in [-0.05, 0) is 108 Å². The molecule has 2 aliphatic heterocycles. The Morgan fingerprint density at radius 3 is 1.64 bits per heavy atom. The minimum atomic E-state index is -0.933. The van der Waals surface area contributed by atoms with Crippen LogP contribution in [0.4, 0.5) is 5.69 Å². The highest BCUT2D eigenvalue weighted by atomic mass is 16.7. The molecule has 3 aromatic carbocycles. The van der Waals surface area contributed by atoms with Gasteiger partial charge in [-0.3, -0.25) is 0 Å². The average Bonchev–Trinajstić information content (AvgIpc) is 3.49. The molecule has 2 unspecified atom stereocenters. The van der Waals surface area contributed by atoms with Crippen LogP contribution in [0.5, 0.6) is 0 Å². The molecule has 0 aliphatic carbocycles. The van der Waals surface area contributed by atoms with Crippen LogP contribution in [-0.4, -0.2) is 42.1 Å². The van der Waals surface area contributed by atoms with E-state index in [1.54, 1.807) is 13.8 Å². The number of benzene rings is 3. The fourth-order valence-electron chi connectivity index (χ4n) is 6.09. The van der Waals surface area contributed by atoms with Gasteiger partial charge in [0.1, 0.15) is 0 Å². The van der Waals surface area contributed by atoms with Gasteiger partial charge >= 0.3 is 14.6 Å². The summed E-state index contributed by atoms with van der Waals surface area (Å²) < 4.78 is 18.8. The maximum atomic E-state index is 10.5. The molecule has 240 valence electrons. The summed E-state index contributed by atoms with van der Waals surface area (Å²) in [5.41, 5.74) is 5.13. The molecule has 2 saturated heterocycles. The molecule has 1 N–H and O–H groups in total. The first kappa shape index (κ1) is 33.8. The lowest BCUT2D eigenvalue weighted by molar-refractivity contribution is -0.0893. The summed E-state index contributed by atoms with van der Waals surface area (Å²) in [6, 6.07) is 27.4. The summed E-state index contributed by atoms with van der Waals surface area (Å²) in [5.74, 6) is 0. The van der Waals surface area contributed by atoms with Crippen molar-refractivity contribution in [3.63, 3.8) is 0 Å². The van der Waals surface area contributed by atoms with Gasteiger partial charge in [-0.1, -0.05) is 86.9 Å². The van der Waals surface area contributed by atoms with Crippen LogP contribution in [-0.2, 0) is 19.4 Å². The van der Waals surface area contributed by atoms with Crippen LogP contribution in [0.2, 0.25) is 0 Å². The van der Waals surface area contributed by atoms with E-state index in [0.717, 1.165) is 23.8 Å². The lowest BCUT2D eigenvalue weighted by Gasteiger charge is -2.37. The molecule has 0 amide bonds. The van der Waals surface area contributed by atoms with Crippen LogP contribution >= 0.6 is 0 Å². The van der Waals surface area contributed by atoms with E-state index in [9.17, 15) is 5.11 Å². The highest BCUT2D eigenvalue weighted by molar-refractivity contribution is 6.62. The van der Waals surface area contributed by atoms with E-state index in [4.69, 9.17) is 14.0 Å². The molecular weight excluding hydrogens is 556 g/mol. The van der Waals surface area contributed by atoms with Gasteiger partial charge < -0.3 is 24.0 Å². The first-order valence-electron chi connectivity index (χ1n) is 16.6. The van der Waals surface area contributed by atoms with E-state index >= 15 is 0 Å². The van der Waals surface area contributed by atoms with E-state index in [1.165, 1.54) is 22.4 Å². The van der Waals surface area contributed by atoms with Gasteiger partial charge in [0.15, 0.2) is 0 Å². The van der Waals surface area contributed by atoms with Crippen molar-refractivity contribution in [1.29, 1.82) is 0 Å². The number of hydrogen-bond acceptors (Lipinski definition) is 5. The third-order valence-corrected chi connectivity index (χ3v) is 10.7. The fourth-order valence-corrected chi connectivity index (χ4v) is 6.09. The molecule has 0 bridgehead atoms. The first-order valence-corrected chi connectivity index (χ1v) is 16.6. The Morgan fingerprint density at radius 2 is 1.20 bits per heavy atom. The Bertz CT molecular complexity index is 1440. The number of rotatable bonds is 8. The summed E-state index contributed by atoms with van der Waals surface area (Å²) in [6.07, 6.45) is 2.12. The molecule has 5 rings (SSSR count). The van der Waals surface area contributed by atoms with E-state index in [-0.39, 0.29) is 35.8 Å². The second kappa shape index (κ2) is 11.9. The lowest BCUT2D eigenvalue weighted by atomic mass is 9.78. The SMILES string of the molecule is CC(C)(C)c1ccc(N2C(c3ccc(BOC(C)(C)C(C)(C)O)cc3)CCC2c2ccc(B3OC(C)(C)C(C)(C)O3)cc2)cc1. The molecule has 2 fully saturated rings. The normalized spacial score (nSPS) is 21.8. The van der Waals surface area contributed by atoms with Crippen LogP contribution in [0, 0.1) is 0 Å². The summed E-state index contributed by atoms with van der Waals surface area (Å²) in [6.45, 7) is 22.6. The summed E-state index contributed by atoms with van der Waals surface area (Å²) >= 11 is 0. The maximum Gasteiger partial charge on any atom is 0.494 e. The molecule has 2 heterocycles. The molecule has 0 aromatic heterocycles. The van der Waals surface area contributed by atoms with Crippen molar-refractivity contribution in [2.24, 2.45) is 0 Å². The first-order chi connectivity index (χ1) is 20.8. The molecule has 45 heavy (non-hydrogen) atoms. The van der Waals surface area contributed by atoms with Crippen LogP contribution < -0.4 is 15.8 Å². The zero-order valence-electron chi connectivity index (χ0n) is 29.4. The predicted octanol–water partition coefficient (Wildman–Crippen LogP) is 6.91. The fraction of sp³-hybridized carbons (Fsp3) is 0.526. The summed E-state index contributed by atoms with van der Waals surface area (Å²) in [5, 5.41) is 10.5. The standard InChI is InChI=1S/C38H53B2NO4/c1-34(2,3)28-16-22-31(23-17-28)41-32(26-12-18-29(19-13-26)39-43-36(6,7)35(4,5)42)24-25-33(41)27-14-20-30(21-15-27)40-44-37(8,9)38(10,11)45-40/h12-23,32-33,39,42H,24-25H2,1-11H3. The van der Waals surface area contributed by atoms with Gasteiger partial charge in [-0.25, -0.2) is 0 Å². The van der Waals surface area contributed by atoms with Crippen LogP contribution in [0.1, 0.15) is 118 Å². The predicted molar refractivity (Wildman–Crippen MR) is 189 cm³/mol. The Kier molecular flexibility index (Phi) is 8.94. The largest absolute Gasteiger partial charge is 0.494 e. The van der Waals surface area contributed by atoms with Gasteiger partial charge in [-0.2, -0.15) is 0 Å². The number of nitrogens with zero attached hydrogens (tertiary/aromatic N) is 1. The molecular formula is C38H53B2NO4. The average molecular weight is 609 g/mol. The van der Waals surface area contributed by atoms with Crippen LogP contribution in [0.25, 0.3) is 0 Å². The quantitative estimate of drug-likeness (QED) is 0.282. The minimum Gasteiger partial charge on any atom is -0.427 e. The molecule has 2 atom stereocenters. The van der Waals surface area contributed by atoms with Crippen molar-refractivity contribution < 1.29 is 19.1 Å². The summed E-state index contributed by atoms with van der Waals surface area (Å²) in [4.78, 5) is 2.61. The number of anilines is 1. The molecule has 0 spiro atoms. The van der Waals surface area contributed by atoms with Crippen molar-refractivity contribution in [2.45, 2.75) is 129 Å². The van der Waals surface area contributed by atoms with E-state index in [0.29, 0.717) is 7.48 Å². The van der Waals surface area contributed by atoms with Crippen molar-refractivity contribution in [2.75, 3.05) is 4.90 Å². The maximum absolute atomic E-state index is 10.5. The molecule has 0 saturated carbocycles. The number of aliphatic hydroxyl groups is 1.